The summed E-state index contributed by atoms with van der Waals surface area (Å²) in [4.78, 5) is 14.7. The topological polar surface area (TPSA) is 82.6 Å². The minimum atomic E-state index is 0.353. The van der Waals surface area contributed by atoms with E-state index in [4.69, 9.17) is 0 Å². The van der Waals surface area contributed by atoms with E-state index in [1.807, 2.05) is 6.07 Å². The van der Waals surface area contributed by atoms with E-state index < -0.39 is 0 Å². The molecule has 1 aliphatic rings. The molecule has 1 aliphatic heterocycles. The number of hydrogen-bond acceptors (Lipinski definition) is 6. The molecule has 0 radical (unpaired) electrons. The smallest absolute Gasteiger partial charge is 0.225 e. The Balaban J connectivity index is 1.62. The van der Waals surface area contributed by atoms with Crippen molar-refractivity contribution in [1.29, 1.82) is 0 Å². The molecule has 7 heteroatoms. The van der Waals surface area contributed by atoms with E-state index in [9.17, 15) is 0 Å². The summed E-state index contributed by atoms with van der Waals surface area (Å²) < 4.78 is 0. The highest BCUT2D eigenvalue weighted by molar-refractivity contribution is 5.34. The van der Waals surface area contributed by atoms with Crippen LogP contribution in [0.1, 0.15) is 6.42 Å². The predicted molar refractivity (Wildman–Crippen MR) is 62.7 cm³/mol. The number of aromatic amines is 1. The molecule has 2 N–H and O–H groups in total. The van der Waals surface area contributed by atoms with Crippen molar-refractivity contribution < 1.29 is 0 Å². The Morgan fingerprint density at radius 3 is 2.94 bits per heavy atom. The third-order valence-corrected chi connectivity index (χ3v) is 2.78. The summed E-state index contributed by atoms with van der Waals surface area (Å²) in [6, 6.07) is 2.18. The van der Waals surface area contributed by atoms with Crippen LogP contribution in [0.5, 0.6) is 0 Å². The van der Waals surface area contributed by atoms with Gasteiger partial charge in [-0.1, -0.05) is 0 Å². The zero-order valence-corrected chi connectivity index (χ0v) is 9.24. The number of rotatable bonds is 3. The van der Waals surface area contributed by atoms with Crippen molar-refractivity contribution in [2.75, 3.05) is 23.3 Å². The van der Waals surface area contributed by atoms with Crippen LogP contribution in [0.4, 0.5) is 11.9 Å². The number of hydrogen-bond donors (Lipinski definition) is 2. The van der Waals surface area contributed by atoms with Crippen molar-refractivity contribution in [2.45, 2.75) is 12.5 Å². The monoisotopic (exact) mass is 231 g/mol. The van der Waals surface area contributed by atoms with Gasteiger partial charge in [0.25, 0.3) is 0 Å². The summed E-state index contributed by atoms with van der Waals surface area (Å²) in [5.74, 6) is 1.50. The molecule has 0 saturated carbocycles. The van der Waals surface area contributed by atoms with E-state index in [-0.39, 0.29) is 0 Å². The molecule has 2 aromatic rings. The van der Waals surface area contributed by atoms with Crippen LogP contribution in [0.15, 0.2) is 24.8 Å². The maximum atomic E-state index is 4.24. The Bertz CT molecular complexity index is 455. The largest absolute Gasteiger partial charge is 0.350 e. The van der Waals surface area contributed by atoms with Gasteiger partial charge in [0.2, 0.25) is 11.9 Å². The first-order chi connectivity index (χ1) is 8.42. The van der Waals surface area contributed by atoms with E-state index in [2.05, 4.69) is 35.4 Å². The molecule has 0 aromatic carbocycles. The van der Waals surface area contributed by atoms with Crippen molar-refractivity contribution in [2.24, 2.45) is 0 Å². The third-order valence-electron chi connectivity index (χ3n) is 2.78. The van der Waals surface area contributed by atoms with Crippen LogP contribution in [0.3, 0.4) is 0 Å². The molecular weight excluding hydrogens is 218 g/mol. The standard InChI is InChI=1S/C10H13N7/c1-3-11-10(12-4-1)17-5-2-8(6-17)15-9-13-7-14-16-9/h1,3-4,7-8H,2,5-6H2,(H2,13,14,15,16). The molecule has 0 bridgehead atoms. The van der Waals surface area contributed by atoms with E-state index in [1.165, 1.54) is 6.33 Å². The Kier molecular flexibility index (Phi) is 2.57. The van der Waals surface area contributed by atoms with Crippen LogP contribution in [0.25, 0.3) is 0 Å². The van der Waals surface area contributed by atoms with E-state index in [0.717, 1.165) is 25.5 Å². The van der Waals surface area contributed by atoms with Crippen LogP contribution in [-0.4, -0.2) is 44.3 Å². The number of H-pyrrole nitrogens is 1. The second kappa shape index (κ2) is 4.36. The number of aromatic nitrogens is 5. The van der Waals surface area contributed by atoms with Crippen LogP contribution >= 0.6 is 0 Å². The minimum Gasteiger partial charge on any atom is -0.350 e. The lowest BCUT2D eigenvalue weighted by atomic mass is 10.3. The van der Waals surface area contributed by atoms with Gasteiger partial charge in [0.15, 0.2) is 0 Å². The molecular formula is C10H13N7. The molecule has 0 amide bonds. The predicted octanol–water partition coefficient (Wildman–Crippen LogP) is 0.285. The van der Waals surface area contributed by atoms with E-state index >= 15 is 0 Å². The first kappa shape index (κ1) is 10.0. The van der Waals surface area contributed by atoms with Crippen LogP contribution in [0, 0.1) is 0 Å². The van der Waals surface area contributed by atoms with Crippen molar-refractivity contribution in [3.63, 3.8) is 0 Å². The number of nitrogens with one attached hydrogen (secondary N) is 2. The molecule has 1 fully saturated rings. The van der Waals surface area contributed by atoms with Gasteiger partial charge < -0.3 is 10.2 Å². The zero-order valence-electron chi connectivity index (χ0n) is 9.24. The fraction of sp³-hybridized carbons (Fsp3) is 0.400. The average Bonchev–Trinajstić information content (AvgIpc) is 3.02. The van der Waals surface area contributed by atoms with Gasteiger partial charge in [-0.25, -0.2) is 20.1 Å². The van der Waals surface area contributed by atoms with Crippen LogP contribution < -0.4 is 10.2 Å². The summed E-state index contributed by atoms with van der Waals surface area (Å²) in [6.45, 7) is 1.83. The first-order valence-corrected chi connectivity index (χ1v) is 5.56. The highest BCUT2D eigenvalue weighted by Crippen LogP contribution is 2.17. The second-order valence-electron chi connectivity index (χ2n) is 3.96. The van der Waals surface area contributed by atoms with E-state index in [1.54, 1.807) is 12.4 Å². The fourth-order valence-corrected chi connectivity index (χ4v) is 1.98. The van der Waals surface area contributed by atoms with Gasteiger partial charge in [-0.2, -0.15) is 5.10 Å². The van der Waals surface area contributed by atoms with Gasteiger partial charge in [-0.05, 0) is 12.5 Å². The second-order valence-corrected chi connectivity index (χ2v) is 3.96. The molecule has 2 aromatic heterocycles. The SMILES string of the molecule is c1cnc(N2CCC(Nc3ncn[nH]3)C2)nc1. The normalized spacial score (nSPS) is 19.5. The fourth-order valence-electron chi connectivity index (χ4n) is 1.98. The van der Waals surface area contributed by atoms with Crippen LogP contribution in [0.2, 0.25) is 0 Å². The maximum absolute atomic E-state index is 4.24. The highest BCUT2D eigenvalue weighted by atomic mass is 15.3. The number of nitrogens with zero attached hydrogens (tertiary/aromatic N) is 5. The first-order valence-electron chi connectivity index (χ1n) is 5.56. The molecule has 0 spiro atoms. The molecule has 88 valence electrons. The highest BCUT2D eigenvalue weighted by Gasteiger charge is 2.24. The molecule has 17 heavy (non-hydrogen) atoms. The summed E-state index contributed by atoms with van der Waals surface area (Å²) in [6.07, 6.45) is 6.06. The molecule has 1 atom stereocenters. The van der Waals surface area contributed by atoms with Gasteiger partial charge in [0, 0.05) is 31.5 Å². The molecule has 1 unspecified atom stereocenters. The Hall–Kier alpha value is -2.18. The molecule has 3 heterocycles. The molecule has 3 rings (SSSR count). The Morgan fingerprint density at radius 1 is 1.29 bits per heavy atom. The summed E-state index contributed by atoms with van der Waals surface area (Å²) in [5.41, 5.74) is 0. The minimum absolute atomic E-state index is 0.353. The lowest BCUT2D eigenvalue weighted by molar-refractivity contribution is 0.791. The van der Waals surface area contributed by atoms with Gasteiger partial charge in [0.1, 0.15) is 6.33 Å². The number of anilines is 2. The zero-order chi connectivity index (χ0) is 11.5. The van der Waals surface area contributed by atoms with Gasteiger partial charge in [-0.3, -0.25) is 0 Å². The van der Waals surface area contributed by atoms with Crippen molar-refractivity contribution >= 4 is 11.9 Å². The van der Waals surface area contributed by atoms with E-state index in [0.29, 0.717) is 12.0 Å². The maximum Gasteiger partial charge on any atom is 0.225 e. The van der Waals surface area contributed by atoms with Crippen molar-refractivity contribution in [3.8, 4) is 0 Å². The molecule has 7 nitrogen and oxygen atoms in total. The van der Waals surface area contributed by atoms with Crippen LogP contribution in [-0.2, 0) is 0 Å². The van der Waals surface area contributed by atoms with Gasteiger partial charge in [-0.15, -0.1) is 0 Å². The average molecular weight is 231 g/mol. The van der Waals surface area contributed by atoms with Gasteiger partial charge in [0.05, 0.1) is 0 Å². The van der Waals surface area contributed by atoms with Crippen molar-refractivity contribution in [3.05, 3.63) is 24.8 Å². The Labute approximate surface area is 98.3 Å². The van der Waals surface area contributed by atoms with Gasteiger partial charge >= 0.3 is 0 Å². The molecule has 0 aliphatic carbocycles. The summed E-state index contributed by atoms with van der Waals surface area (Å²) in [7, 11) is 0. The Morgan fingerprint density at radius 2 is 2.18 bits per heavy atom. The lowest BCUT2D eigenvalue weighted by Crippen LogP contribution is -2.27. The lowest BCUT2D eigenvalue weighted by Gasteiger charge is -2.15. The summed E-state index contributed by atoms with van der Waals surface area (Å²) in [5, 5.41) is 9.90. The summed E-state index contributed by atoms with van der Waals surface area (Å²) >= 11 is 0. The van der Waals surface area contributed by atoms with Crippen molar-refractivity contribution in [1.82, 2.24) is 25.1 Å². The molecule has 1 saturated heterocycles. The quantitative estimate of drug-likeness (QED) is 0.789. The third kappa shape index (κ3) is 2.17.